The summed E-state index contributed by atoms with van der Waals surface area (Å²) in [5.74, 6) is 0.736. The molecule has 0 bridgehead atoms. The summed E-state index contributed by atoms with van der Waals surface area (Å²) in [5, 5.41) is 0. The molecule has 0 radical (unpaired) electrons. The Labute approximate surface area is 93.1 Å². The van der Waals surface area contributed by atoms with E-state index in [4.69, 9.17) is 0 Å². The highest BCUT2D eigenvalue weighted by Crippen LogP contribution is 2.28. The Morgan fingerprint density at radius 2 is 2.14 bits per heavy atom. The minimum absolute atomic E-state index is 0.0164. The van der Waals surface area contributed by atoms with Crippen LogP contribution in [0.2, 0.25) is 0 Å². The molecule has 1 heterocycles. The molecule has 1 fully saturated rings. The van der Waals surface area contributed by atoms with Crippen molar-refractivity contribution in [2.45, 2.75) is 11.3 Å². The fourth-order valence-corrected chi connectivity index (χ4v) is 2.65. The summed E-state index contributed by atoms with van der Waals surface area (Å²) in [5.41, 5.74) is 1.16. The lowest BCUT2D eigenvalue weighted by atomic mass is 10.2. The Morgan fingerprint density at radius 3 is 2.71 bits per heavy atom. The van der Waals surface area contributed by atoms with Gasteiger partial charge in [-0.05, 0) is 5.56 Å². The number of hydrogen-bond donors (Lipinski definition) is 1. The van der Waals surface area contributed by atoms with Crippen LogP contribution in [0.5, 0.6) is 0 Å². The largest absolute Gasteiger partial charge is 0.317 e. The van der Waals surface area contributed by atoms with Gasteiger partial charge < -0.3 is 4.90 Å². The van der Waals surface area contributed by atoms with Crippen molar-refractivity contribution < 1.29 is 4.79 Å². The van der Waals surface area contributed by atoms with E-state index in [0.29, 0.717) is 12.3 Å². The van der Waals surface area contributed by atoms with Gasteiger partial charge in [-0.25, -0.2) is 0 Å². The Morgan fingerprint density at radius 1 is 1.43 bits per heavy atom. The van der Waals surface area contributed by atoms with Crippen molar-refractivity contribution >= 4 is 30.3 Å². The highest BCUT2D eigenvalue weighted by molar-refractivity contribution is 8.11. The molecule has 2 rings (SSSR count). The monoisotopic (exact) mass is 225 g/mol. The van der Waals surface area contributed by atoms with Crippen molar-refractivity contribution in [3.63, 3.8) is 0 Å². The number of thiol groups is 1. The van der Waals surface area contributed by atoms with Crippen molar-refractivity contribution in [1.29, 1.82) is 0 Å². The van der Waals surface area contributed by atoms with Crippen LogP contribution in [0.4, 0.5) is 0 Å². The van der Waals surface area contributed by atoms with Crippen molar-refractivity contribution in [3.8, 4) is 0 Å². The standard InChI is InChI=1S/C10H11NOS2/c12-9-7-14-10(13)11(9)6-8-4-2-1-3-5-8/h1-5,10,13H,6-7H2. The molecule has 1 aromatic carbocycles. The summed E-state index contributed by atoms with van der Waals surface area (Å²) < 4.78 is 0.0164. The highest BCUT2D eigenvalue weighted by atomic mass is 32.2. The van der Waals surface area contributed by atoms with E-state index in [1.165, 1.54) is 0 Å². The van der Waals surface area contributed by atoms with Gasteiger partial charge in [-0.1, -0.05) is 30.3 Å². The normalized spacial score (nSPS) is 21.6. The molecule has 14 heavy (non-hydrogen) atoms. The van der Waals surface area contributed by atoms with Gasteiger partial charge in [0.25, 0.3) is 0 Å². The van der Waals surface area contributed by atoms with Crippen molar-refractivity contribution in [2.75, 3.05) is 5.75 Å². The highest BCUT2D eigenvalue weighted by Gasteiger charge is 2.28. The van der Waals surface area contributed by atoms with E-state index in [1.807, 2.05) is 30.3 Å². The first-order valence-electron chi connectivity index (χ1n) is 4.40. The van der Waals surface area contributed by atoms with Crippen LogP contribution in [-0.2, 0) is 11.3 Å². The molecule has 0 aromatic heterocycles. The molecule has 4 heteroatoms. The quantitative estimate of drug-likeness (QED) is 0.777. The van der Waals surface area contributed by atoms with Gasteiger partial charge in [-0.3, -0.25) is 4.79 Å². The zero-order valence-electron chi connectivity index (χ0n) is 7.59. The van der Waals surface area contributed by atoms with Crippen molar-refractivity contribution in [3.05, 3.63) is 35.9 Å². The van der Waals surface area contributed by atoms with E-state index < -0.39 is 0 Å². The minimum atomic E-state index is 0.0164. The lowest BCUT2D eigenvalue weighted by molar-refractivity contribution is -0.127. The van der Waals surface area contributed by atoms with Gasteiger partial charge in [0.15, 0.2) is 0 Å². The Hall–Kier alpha value is -0.610. The van der Waals surface area contributed by atoms with Crippen molar-refractivity contribution in [1.82, 2.24) is 4.90 Å². The molecule has 74 valence electrons. The van der Waals surface area contributed by atoms with Gasteiger partial charge in [-0.2, -0.15) is 0 Å². The SMILES string of the molecule is O=C1CSC(S)N1Cc1ccccc1. The second kappa shape index (κ2) is 4.28. The van der Waals surface area contributed by atoms with Gasteiger partial charge in [0.05, 0.1) is 5.75 Å². The van der Waals surface area contributed by atoms with Crippen molar-refractivity contribution in [2.24, 2.45) is 0 Å². The molecule has 1 saturated heterocycles. The lowest BCUT2D eigenvalue weighted by Gasteiger charge is -2.19. The number of hydrogen-bond acceptors (Lipinski definition) is 3. The maximum atomic E-state index is 11.4. The van der Waals surface area contributed by atoms with Gasteiger partial charge in [0.1, 0.15) is 4.71 Å². The first kappa shape index (κ1) is 9.93. The van der Waals surface area contributed by atoms with Crippen LogP contribution >= 0.6 is 24.4 Å². The zero-order chi connectivity index (χ0) is 9.97. The van der Waals surface area contributed by atoms with Crippen LogP contribution in [0.15, 0.2) is 30.3 Å². The molecular formula is C10H11NOS2. The summed E-state index contributed by atoms with van der Waals surface area (Å²) in [6.07, 6.45) is 0. The molecule has 1 aliphatic heterocycles. The van der Waals surface area contributed by atoms with Gasteiger partial charge >= 0.3 is 0 Å². The molecule has 1 aromatic rings. The molecule has 1 atom stereocenters. The number of rotatable bonds is 2. The van der Waals surface area contributed by atoms with Crippen LogP contribution in [0, 0.1) is 0 Å². The fraction of sp³-hybridized carbons (Fsp3) is 0.300. The van der Waals surface area contributed by atoms with Crippen LogP contribution in [0.1, 0.15) is 5.56 Å². The number of benzene rings is 1. The Bertz CT molecular complexity index is 328. The van der Waals surface area contributed by atoms with Crippen LogP contribution < -0.4 is 0 Å². The third-order valence-electron chi connectivity index (χ3n) is 2.14. The predicted molar refractivity (Wildman–Crippen MR) is 62.2 cm³/mol. The summed E-state index contributed by atoms with van der Waals surface area (Å²) in [6, 6.07) is 9.99. The minimum Gasteiger partial charge on any atom is -0.317 e. The molecule has 0 saturated carbocycles. The molecular weight excluding hydrogens is 214 g/mol. The fourth-order valence-electron chi connectivity index (χ4n) is 1.39. The van der Waals surface area contributed by atoms with E-state index in [0.717, 1.165) is 5.56 Å². The number of carbonyl (C=O) groups excluding carboxylic acids is 1. The zero-order valence-corrected chi connectivity index (χ0v) is 9.30. The summed E-state index contributed by atoms with van der Waals surface area (Å²) in [4.78, 5) is 13.2. The molecule has 0 spiro atoms. The summed E-state index contributed by atoms with van der Waals surface area (Å²) in [7, 11) is 0. The predicted octanol–water partition coefficient (Wildman–Crippen LogP) is 1.98. The smallest absolute Gasteiger partial charge is 0.234 e. The lowest BCUT2D eigenvalue weighted by Crippen LogP contribution is -2.29. The number of amides is 1. The Balaban J connectivity index is 2.07. The second-order valence-electron chi connectivity index (χ2n) is 3.14. The third-order valence-corrected chi connectivity index (χ3v) is 3.83. The Kier molecular flexibility index (Phi) is 3.03. The average molecular weight is 225 g/mol. The van der Waals surface area contributed by atoms with Crippen LogP contribution in [0.3, 0.4) is 0 Å². The number of nitrogens with zero attached hydrogens (tertiary/aromatic N) is 1. The molecule has 0 N–H and O–H groups in total. The van der Waals surface area contributed by atoms with Gasteiger partial charge in [-0.15, -0.1) is 24.4 Å². The third kappa shape index (κ3) is 2.07. The topological polar surface area (TPSA) is 20.3 Å². The molecule has 1 unspecified atom stereocenters. The molecule has 0 aliphatic carbocycles. The van der Waals surface area contributed by atoms with E-state index >= 15 is 0 Å². The number of carbonyl (C=O) groups is 1. The first-order valence-corrected chi connectivity index (χ1v) is 5.97. The van der Waals surface area contributed by atoms with E-state index in [2.05, 4.69) is 12.6 Å². The van der Waals surface area contributed by atoms with Gasteiger partial charge in [0, 0.05) is 6.54 Å². The molecule has 1 amide bonds. The number of thioether (sulfide) groups is 1. The molecule has 2 nitrogen and oxygen atoms in total. The van der Waals surface area contributed by atoms with E-state index in [-0.39, 0.29) is 10.6 Å². The first-order chi connectivity index (χ1) is 6.77. The average Bonchev–Trinajstić information content (AvgIpc) is 2.51. The van der Waals surface area contributed by atoms with Crippen LogP contribution in [0.25, 0.3) is 0 Å². The van der Waals surface area contributed by atoms with E-state index in [1.54, 1.807) is 16.7 Å². The maximum Gasteiger partial charge on any atom is 0.234 e. The maximum absolute atomic E-state index is 11.4. The summed E-state index contributed by atoms with van der Waals surface area (Å²) >= 11 is 5.92. The summed E-state index contributed by atoms with van der Waals surface area (Å²) in [6.45, 7) is 0.668. The van der Waals surface area contributed by atoms with Gasteiger partial charge in [0.2, 0.25) is 5.91 Å². The molecule has 1 aliphatic rings. The van der Waals surface area contributed by atoms with Crippen LogP contribution in [-0.4, -0.2) is 21.3 Å². The van der Waals surface area contributed by atoms with E-state index in [9.17, 15) is 4.79 Å². The second-order valence-corrected chi connectivity index (χ2v) is 5.05.